The van der Waals surface area contributed by atoms with Crippen LogP contribution in [0.25, 0.3) is 0 Å². The summed E-state index contributed by atoms with van der Waals surface area (Å²) in [6, 6.07) is 6.94. The van der Waals surface area contributed by atoms with Crippen LogP contribution >= 0.6 is 0 Å². The number of aryl methyl sites for hydroxylation is 1. The second-order valence-corrected chi connectivity index (χ2v) is 8.94. The lowest BCUT2D eigenvalue weighted by Gasteiger charge is -2.30. The van der Waals surface area contributed by atoms with Crippen molar-refractivity contribution in [3.05, 3.63) is 42.0 Å². The number of sulfonamides is 1. The van der Waals surface area contributed by atoms with Gasteiger partial charge in [0.2, 0.25) is 10.0 Å². The first-order chi connectivity index (χ1) is 11.9. The van der Waals surface area contributed by atoms with E-state index < -0.39 is 16.1 Å². The number of hydrogen-bond donors (Lipinski definition) is 1. The topological polar surface area (TPSA) is 57.6 Å². The van der Waals surface area contributed by atoms with E-state index in [1.165, 1.54) is 23.6 Å². The van der Waals surface area contributed by atoms with Gasteiger partial charge in [0.1, 0.15) is 0 Å². The van der Waals surface area contributed by atoms with Gasteiger partial charge in [-0.3, -0.25) is 0 Å². The smallest absolute Gasteiger partial charge is 0.243 e. The lowest BCUT2D eigenvalue weighted by atomic mass is 9.95. The van der Waals surface area contributed by atoms with E-state index >= 15 is 0 Å². The van der Waals surface area contributed by atoms with Gasteiger partial charge in [-0.05, 0) is 25.5 Å². The van der Waals surface area contributed by atoms with Crippen LogP contribution in [0.3, 0.4) is 0 Å². The molecule has 25 heavy (non-hydrogen) atoms. The third-order valence-electron chi connectivity index (χ3n) is 4.86. The minimum atomic E-state index is -3.51. The normalized spacial score (nSPS) is 19.9. The van der Waals surface area contributed by atoms with Crippen LogP contribution in [-0.4, -0.2) is 37.0 Å². The highest BCUT2D eigenvalue weighted by atomic mass is 32.2. The summed E-state index contributed by atoms with van der Waals surface area (Å²) >= 11 is 0. The standard InChI is InChI=1S/C20H31NO3S/c1-3-4-5-6-7-10-20(22)18-9-8-15-21(16-18)25(23,24)19-13-11-17(2)12-14-19/h8-9,11-14,18,20,22H,3-7,10,15-16H2,1-2H3/t18-,20-/m0/s1. The fraction of sp³-hybridized carbons (Fsp3) is 0.600. The largest absolute Gasteiger partial charge is 0.392 e. The van der Waals surface area contributed by atoms with Gasteiger partial charge in [0.15, 0.2) is 0 Å². The first kappa shape index (κ1) is 20.1. The summed E-state index contributed by atoms with van der Waals surface area (Å²) in [4.78, 5) is 0.321. The first-order valence-corrected chi connectivity index (χ1v) is 10.8. The lowest BCUT2D eigenvalue weighted by molar-refractivity contribution is 0.105. The van der Waals surface area contributed by atoms with Crippen LogP contribution in [0.2, 0.25) is 0 Å². The molecule has 140 valence electrons. The average Bonchev–Trinajstić information content (AvgIpc) is 2.62. The van der Waals surface area contributed by atoms with Gasteiger partial charge < -0.3 is 5.11 Å². The minimum absolute atomic E-state index is 0.125. The minimum Gasteiger partial charge on any atom is -0.392 e. The molecule has 0 radical (unpaired) electrons. The van der Waals surface area contributed by atoms with Crippen molar-refractivity contribution in [2.45, 2.75) is 63.4 Å². The van der Waals surface area contributed by atoms with E-state index in [0.29, 0.717) is 18.0 Å². The van der Waals surface area contributed by atoms with Crippen LogP contribution in [-0.2, 0) is 10.0 Å². The molecule has 0 fully saturated rings. The van der Waals surface area contributed by atoms with Crippen molar-refractivity contribution in [2.75, 3.05) is 13.1 Å². The average molecular weight is 366 g/mol. The van der Waals surface area contributed by atoms with Gasteiger partial charge in [-0.1, -0.05) is 68.9 Å². The summed E-state index contributed by atoms with van der Waals surface area (Å²) in [5, 5.41) is 10.4. The van der Waals surface area contributed by atoms with Crippen molar-refractivity contribution in [1.29, 1.82) is 0 Å². The highest BCUT2D eigenvalue weighted by Crippen LogP contribution is 2.24. The van der Waals surface area contributed by atoms with Crippen LogP contribution in [0.15, 0.2) is 41.3 Å². The molecule has 1 aromatic carbocycles. The van der Waals surface area contributed by atoms with E-state index in [-0.39, 0.29) is 5.92 Å². The van der Waals surface area contributed by atoms with Gasteiger partial charge in [0.05, 0.1) is 11.0 Å². The molecule has 0 spiro atoms. The molecule has 1 aliphatic rings. The molecule has 1 N–H and O–H groups in total. The van der Waals surface area contributed by atoms with E-state index in [4.69, 9.17) is 0 Å². The predicted octanol–water partition coefficient (Wildman–Crippen LogP) is 3.89. The summed E-state index contributed by atoms with van der Waals surface area (Å²) in [5.41, 5.74) is 1.04. The monoisotopic (exact) mass is 365 g/mol. The highest BCUT2D eigenvalue weighted by molar-refractivity contribution is 7.89. The molecule has 0 unspecified atom stereocenters. The summed E-state index contributed by atoms with van der Waals surface area (Å²) in [7, 11) is -3.51. The molecule has 0 saturated carbocycles. The molecule has 0 bridgehead atoms. The van der Waals surface area contributed by atoms with Crippen molar-refractivity contribution in [1.82, 2.24) is 4.31 Å². The quantitative estimate of drug-likeness (QED) is 0.533. The Balaban J connectivity index is 1.94. The van der Waals surface area contributed by atoms with Crippen LogP contribution in [0.4, 0.5) is 0 Å². The lowest BCUT2D eigenvalue weighted by Crippen LogP contribution is -2.41. The molecule has 1 aromatic rings. The Labute approximate surface area is 152 Å². The van der Waals surface area contributed by atoms with Crippen molar-refractivity contribution < 1.29 is 13.5 Å². The number of aliphatic hydroxyl groups excluding tert-OH is 1. The molecular weight excluding hydrogens is 334 g/mol. The number of rotatable bonds is 9. The molecule has 2 atom stereocenters. The van der Waals surface area contributed by atoms with Gasteiger partial charge in [-0.15, -0.1) is 0 Å². The van der Waals surface area contributed by atoms with Crippen molar-refractivity contribution in [3.8, 4) is 0 Å². The summed E-state index contributed by atoms with van der Waals surface area (Å²) < 4.78 is 27.1. The van der Waals surface area contributed by atoms with Gasteiger partial charge in [0.25, 0.3) is 0 Å². The van der Waals surface area contributed by atoms with E-state index in [9.17, 15) is 13.5 Å². The van der Waals surface area contributed by atoms with Gasteiger partial charge in [-0.2, -0.15) is 4.31 Å². The molecule has 2 rings (SSSR count). The number of unbranched alkanes of at least 4 members (excludes halogenated alkanes) is 4. The maximum Gasteiger partial charge on any atom is 0.243 e. The number of nitrogens with zero attached hydrogens (tertiary/aromatic N) is 1. The zero-order valence-corrected chi connectivity index (χ0v) is 16.2. The van der Waals surface area contributed by atoms with Gasteiger partial charge in [0, 0.05) is 19.0 Å². The molecule has 1 heterocycles. The molecule has 0 saturated heterocycles. The molecule has 5 heteroatoms. The zero-order chi connectivity index (χ0) is 18.3. The van der Waals surface area contributed by atoms with Crippen LogP contribution in [0.1, 0.15) is 51.0 Å². The van der Waals surface area contributed by atoms with E-state index in [0.717, 1.165) is 24.8 Å². The summed E-state index contributed by atoms with van der Waals surface area (Å²) in [5.74, 6) is -0.125. The van der Waals surface area contributed by atoms with Crippen molar-refractivity contribution >= 4 is 10.0 Å². The Morgan fingerprint density at radius 1 is 1.16 bits per heavy atom. The zero-order valence-electron chi connectivity index (χ0n) is 15.4. The number of hydrogen-bond acceptors (Lipinski definition) is 3. The second-order valence-electron chi connectivity index (χ2n) is 7.00. The Morgan fingerprint density at radius 2 is 1.84 bits per heavy atom. The van der Waals surface area contributed by atoms with Gasteiger partial charge >= 0.3 is 0 Å². The Bertz CT molecular complexity index is 652. The van der Waals surface area contributed by atoms with Crippen molar-refractivity contribution in [3.63, 3.8) is 0 Å². The fourth-order valence-electron chi connectivity index (χ4n) is 3.20. The van der Waals surface area contributed by atoms with Gasteiger partial charge in [-0.25, -0.2) is 8.42 Å². The Morgan fingerprint density at radius 3 is 2.52 bits per heavy atom. The third-order valence-corrected chi connectivity index (χ3v) is 6.71. The van der Waals surface area contributed by atoms with E-state index in [2.05, 4.69) is 6.92 Å². The molecule has 0 aromatic heterocycles. The maximum atomic E-state index is 12.8. The molecular formula is C20H31NO3S. The second kappa shape index (κ2) is 9.51. The maximum absolute atomic E-state index is 12.8. The predicted molar refractivity (Wildman–Crippen MR) is 102 cm³/mol. The van der Waals surface area contributed by atoms with Crippen LogP contribution in [0, 0.1) is 12.8 Å². The molecule has 0 aliphatic carbocycles. The SMILES string of the molecule is CCCCCCC[C@H](O)[C@H]1C=CCN(S(=O)(=O)c2ccc(C)cc2)C1. The van der Waals surface area contributed by atoms with Crippen LogP contribution in [0.5, 0.6) is 0 Å². The van der Waals surface area contributed by atoms with Crippen LogP contribution < -0.4 is 0 Å². The molecule has 4 nitrogen and oxygen atoms in total. The number of aliphatic hydroxyl groups is 1. The molecule has 1 aliphatic heterocycles. The Kier molecular flexibility index (Phi) is 7.66. The third kappa shape index (κ3) is 5.66. The summed E-state index contributed by atoms with van der Waals surface area (Å²) in [6.45, 7) is 4.84. The highest BCUT2D eigenvalue weighted by Gasteiger charge is 2.30. The first-order valence-electron chi connectivity index (χ1n) is 9.36. The Hall–Kier alpha value is -1.17. The van der Waals surface area contributed by atoms with E-state index in [1.54, 1.807) is 12.1 Å². The fourth-order valence-corrected chi connectivity index (χ4v) is 4.63. The summed E-state index contributed by atoms with van der Waals surface area (Å²) in [6.07, 6.45) is 9.87. The molecule has 0 amide bonds. The number of benzene rings is 1. The van der Waals surface area contributed by atoms with Crippen molar-refractivity contribution in [2.24, 2.45) is 5.92 Å². The van der Waals surface area contributed by atoms with E-state index in [1.807, 2.05) is 31.2 Å².